The summed E-state index contributed by atoms with van der Waals surface area (Å²) in [6.45, 7) is 2.78. The van der Waals surface area contributed by atoms with Crippen molar-refractivity contribution in [2.24, 2.45) is 0 Å². The van der Waals surface area contributed by atoms with Crippen molar-refractivity contribution in [2.45, 2.75) is 43.0 Å². The molecule has 2 aromatic carbocycles. The van der Waals surface area contributed by atoms with Gasteiger partial charge in [0.05, 0.1) is 18.4 Å². The molecule has 1 saturated heterocycles. The Labute approximate surface area is 206 Å². The predicted molar refractivity (Wildman–Crippen MR) is 126 cm³/mol. The predicted octanol–water partition coefficient (Wildman–Crippen LogP) is 6.66. The molecule has 2 aliphatic rings. The summed E-state index contributed by atoms with van der Waals surface area (Å²) in [6, 6.07) is 9.80. The summed E-state index contributed by atoms with van der Waals surface area (Å²) < 4.78 is 58.9. The molecule has 186 valence electrons. The standard InChI is InChI=1S/C24H27Cl2F4N3O/c1-15(19-11-17(25)12-20-21(19)31-33(22(20)26)13-24(28,29)30)34-14-23(7-9-32(2)10-8-23)16-3-5-18(27)6-4-16/h3-6,11-12,15,22,31H,7-10,13-14H2,1-2H3/t15?,22-/m0/s1. The summed E-state index contributed by atoms with van der Waals surface area (Å²) in [6.07, 6.45) is -3.19. The number of hydrogen-bond donors (Lipinski definition) is 1. The third-order valence-electron chi connectivity index (χ3n) is 6.75. The van der Waals surface area contributed by atoms with Gasteiger partial charge in [0.1, 0.15) is 17.9 Å². The van der Waals surface area contributed by atoms with Crippen LogP contribution in [0.5, 0.6) is 0 Å². The Kier molecular flexibility index (Phi) is 7.37. The summed E-state index contributed by atoms with van der Waals surface area (Å²) in [7, 11) is 2.06. The Hall–Kier alpha value is -1.58. The first kappa shape index (κ1) is 25.5. The van der Waals surface area contributed by atoms with Crippen molar-refractivity contribution < 1.29 is 22.3 Å². The number of nitrogens with zero attached hydrogens (tertiary/aromatic N) is 2. The van der Waals surface area contributed by atoms with Crippen LogP contribution in [0.4, 0.5) is 23.2 Å². The normalized spacial score (nSPS) is 21.8. The molecule has 2 heterocycles. The van der Waals surface area contributed by atoms with Crippen LogP contribution in [0.3, 0.4) is 0 Å². The van der Waals surface area contributed by atoms with Crippen LogP contribution >= 0.6 is 23.2 Å². The lowest BCUT2D eigenvalue weighted by Crippen LogP contribution is -2.44. The number of anilines is 1. The second kappa shape index (κ2) is 9.82. The lowest BCUT2D eigenvalue weighted by atomic mass is 9.73. The molecule has 0 spiro atoms. The van der Waals surface area contributed by atoms with Gasteiger partial charge >= 0.3 is 6.18 Å². The number of hydrazine groups is 1. The molecule has 0 radical (unpaired) electrons. The molecule has 34 heavy (non-hydrogen) atoms. The molecule has 2 aliphatic heterocycles. The fourth-order valence-electron chi connectivity index (χ4n) is 4.71. The summed E-state index contributed by atoms with van der Waals surface area (Å²) in [5.74, 6) is -0.291. The van der Waals surface area contributed by atoms with Crippen molar-refractivity contribution >= 4 is 28.9 Å². The quantitative estimate of drug-likeness (QED) is 0.262. The average molecular weight is 520 g/mol. The first-order valence-corrected chi connectivity index (χ1v) is 11.9. The van der Waals surface area contributed by atoms with Gasteiger partial charge in [-0.15, -0.1) is 0 Å². The summed E-state index contributed by atoms with van der Waals surface area (Å²) in [5.41, 5.74) is 4.12. The number of fused-ring (bicyclic) bond motifs is 1. The lowest BCUT2D eigenvalue weighted by Gasteiger charge is -2.41. The number of halogens is 6. The molecule has 2 aromatic rings. The number of benzene rings is 2. The van der Waals surface area contributed by atoms with E-state index < -0.39 is 24.3 Å². The van der Waals surface area contributed by atoms with Crippen molar-refractivity contribution in [1.29, 1.82) is 0 Å². The van der Waals surface area contributed by atoms with E-state index in [2.05, 4.69) is 17.4 Å². The Morgan fingerprint density at radius 2 is 1.82 bits per heavy atom. The van der Waals surface area contributed by atoms with Gasteiger partial charge in [-0.05, 0) is 69.7 Å². The smallest absolute Gasteiger partial charge is 0.373 e. The molecule has 1 N–H and O–H groups in total. The monoisotopic (exact) mass is 519 g/mol. The van der Waals surface area contributed by atoms with E-state index in [1.807, 2.05) is 6.92 Å². The van der Waals surface area contributed by atoms with E-state index in [4.69, 9.17) is 27.9 Å². The van der Waals surface area contributed by atoms with Gasteiger partial charge in [0.15, 0.2) is 0 Å². The first-order valence-electron chi connectivity index (χ1n) is 11.1. The summed E-state index contributed by atoms with van der Waals surface area (Å²) in [5, 5.41) is 1.31. The van der Waals surface area contributed by atoms with Crippen molar-refractivity contribution in [3.05, 3.63) is 63.9 Å². The molecular formula is C24H27Cl2F4N3O. The molecule has 0 aromatic heterocycles. The zero-order chi connectivity index (χ0) is 24.7. The minimum Gasteiger partial charge on any atom is -0.373 e. The topological polar surface area (TPSA) is 27.7 Å². The zero-order valence-electron chi connectivity index (χ0n) is 18.9. The van der Waals surface area contributed by atoms with E-state index in [9.17, 15) is 17.6 Å². The van der Waals surface area contributed by atoms with E-state index in [0.29, 0.717) is 28.4 Å². The third-order valence-corrected chi connectivity index (χ3v) is 7.44. The second-order valence-electron chi connectivity index (χ2n) is 9.19. The molecule has 2 atom stereocenters. The van der Waals surface area contributed by atoms with E-state index in [1.165, 1.54) is 12.1 Å². The third kappa shape index (κ3) is 5.46. The number of nitrogens with one attached hydrogen (secondary N) is 1. The highest BCUT2D eigenvalue weighted by molar-refractivity contribution is 6.31. The van der Waals surface area contributed by atoms with E-state index in [1.54, 1.807) is 24.3 Å². The number of piperidine rings is 1. The average Bonchev–Trinajstić information content (AvgIpc) is 3.07. The van der Waals surface area contributed by atoms with Crippen LogP contribution in [0, 0.1) is 5.82 Å². The minimum absolute atomic E-state index is 0.291. The van der Waals surface area contributed by atoms with Gasteiger partial charge in [-0.25, -0.2) is 4.39 Å². The number of likely N-dealkylation sites (tertiary alicyclic amines) is 1. The van der Waals surface area contributed by atoms with Crippen LogP contribution in [-0.2, 0) is 10.2 Å². The van der Waals surface area contributed by atoms with Crippen molar-refractivity contribution in [2.75, 3.05) is 38.7 Å². The van der Waals surface area contributed by atoms with Crippen molar-refractivity contribution in [3.63, 3.8) is 0 Å². The molecule has 0 bridgehead atoms. The fraction of sp³-hybridized carbons (Fsp3) is 0.500. The van der Waals surface area contributed by atoms with Crippen molar-refractivity contribution in [1.82, 2.24) is 9.91 Å². The van der Waals surface area contributed by atoms with E-state index >= 15 is 0 Å². The van der Waals surface area contributed by atoms with Gasteiger partial charge in [-0.3, -0.25) is 0 Å². The number of rotatable bonds is 6. The van der Waals surface area contributed by atoms with Gasteiger partial charge < -0.3 is 15.1 Å². The van der Waals surface area contributed by atoms with E-state index in [-0.39, 0.29) is 11.2 Å². The molecule has 0 aliphatic carbocycles. The maximum absolute atomic E-state index is 13.6. The van der Waals surface area contributed by atoms with Crippen LogP contribution in [0.2, 0.25) is 5.02 Å². The Balaban J connectivity index is 1.56. The first-order chi connectivity index (χ1) is 16.0. The van der Waals surface area contributed by atoms with Gasteiger partial charge in [-0.1, -0.05) is 35.3 Å². The Morgan fingerprint density at radius 3 is 2.44 bits per heavy atom. The van der Waals surface area contributed by atoms with Crippen molar-refractivity contribution in [3.8, 4) is 0 Å². The molecule has 1 fully saturated rings. The van der Waals surface area contributed by atoms with Gasteiger partial charge in [0, 0.05) is 21.6 Å². The largest absolute Gasteiger partial charge is 0.403 e. The van der Waals surface area contributed by atoms with Gasteiger partial charge in [0.2, 0.25) is 0 Å². The highest BCUT2D eigenvalue weighted by Crippen LogP contribution is 2.45. The van der Waals surface area contributed by atoms with Crippen LogP contribution in [-0.4, -0.2) is 49.4 Å². The summed E-state index contributed by atoms with van der Waals surface area (Å²) in [4.78, 5) is 2.24. The van der Waals surface area contributed by atoms with Crippen LogP contribution in [0.15, 0.2) is 36.4 Å². The fourth-order valence-corrected chi connectivity index (χ4v) is 5.23. The zero-order valence-corrected chi connectivity index (χ0v) is 20.4. The number of ether oxygens (including phenoxy) is 1. The lowest BCUT2D eigenvalue weighted by molar-refractivity contribution is -0.143. The molecule has 0 amide bonds. The Bertz CT molecular complexity index is 1010. The molecule has 4 rings (SSSR count). The number of hydrogen-bond acceptors (Lipinski definition) is 4. The SMILES string of the molecule is CC(OCC1(c2ccc(F)cc2)CCN(C)CC1)c1cc(Cl)cc2c1NN(CC(F)(F)F)[C@@H]2Cl. The van der Waals surface area contributed by atoms with Crippen LogP contribution in [0.25, 0.3) is 0 Å². The van der Waals surface area contributed by atoms with Crippen LogP contribution in [0.1, 0.15) is 48.1 Å². The van der Waals surface area contributed by atoms with Gasteiger partial charge in [0.25, 0.3) is 0 Å². The maximum Gasteiger partial charge on any atom is 0.403 e. The maximum atomic E-state index is 13.6. The molecule has 4 nitrogen and oxygen atoms in total. The summed E-state index contributed by atoms with van der Waals surface area (Å²) >= 11 is 12.6. The minimum atomic E-state index is -4.41. The molecular weight excluding hydrogens is 493 g/mol. The molecule has 10 heteroatoms. The van der Waals surface area contributed by atoms with E-state index in [0.717, 1.165) is 36.5 Å². The Morgan fingerprint density at radius 1 is 1.18 bits per heavy atom. The second-order valence-corrected chi connectivity index (χ2v) is 10.0. The van der Waals surface area contributed by atoms with Crippen LogP contribution < -0.4 is 5.43 Å². The molecule has 0 saturated carbocycles. The van der Waals surface area contributed by atoms with Gasteiger partial charge in [-0.2, -0.15) is 18.2 Å². The molecule has 1 unspecified atom stereocenters. The highest BCUT2D eigenvalue weighted by Gasteiger charge is 2.40. The number of alkyl halides is 4. The highest BCUT2D eigenvalue weighted by atomic mass is 35.5.